The maximum absolute atomic E-state index is 11.9. The van der Waals surface area contributed by atoms with Crippen molar-refractivity contribution < 1.29 is 19.1 Å². The summed E-state index contributed by atoms with van der Waals surface area (Å²) in [6, 6.07) is 16.8. The molecule has 0 amide bonds. The van der Waals surface area contributed by atoms with Gasteiger partial charge in [-0.3, -0.25) is 0 Å². The number of esters is 2. The number of benzene rings is 2. The molecule has 0 heterocycles. The molecule has 0 aliphatic carbocycles. The second-order valence-electron chi connectivity index (χ2n) is 5.10. The molecule has 0 fully saturated rings. The summed E-state index contributed by atoms with van der Waals surface area (Å²) >= 11 is 0. The van der Waals surface area contributed by atoms with Crippen molar-refractivity contribution in [2.75, 3.05) is 0 Å². The molecular weight excluding hydrogens is 292 g/mol. The van der Waals surface area contributed by atoms with E-state index in [9.17, 15) is 9.59 Å². The fourth-order valence-electron chi connectivity index (χ4n) is 1.96. The number of ether oxygens (including phenoxy) is 2. The lowest BCUT2D eigenvalue weighted by Gasteiger charge is -2.09. The minimum Gasteiger partial charge on any atom is -0.460 e. The first-order valence-corrected chi connectivity index (χ1v) is 7.31. The lowest BCUT2D eigenvalue weighted by atomic mass is 10.1. The van der Waals surface area contributed by atoms with Crippen LogP contribution in [0, 0.1) is 0 Å². The molecule has 118 valence electrons. The van der Waals surface area contributed by atoms with Crippen LogP contribution in [0.1, 0.15) is 13.8 Å². The third kappa shape index (κ3) is 5.11. The number of rotatable bonds is 5. The quantitative estimate of drug-likeness (QED) is 0.479. The topological polar surface area (TPSA) is 52.6 Å². The van der Waals surface area contributed by atoms with E-state index in [2.05, 4.69) is 0 Å². The number of carbonyl (C=O) groups excluding carboxylic acids is 2. The van der Waals surface area contributed by atoms with E-state index in [-0.39, 0.29) is 6.10 Å². The number of hydrogen-bond donors (Lipinski definition) is 0. The molecule has 23 heavy (non-hydrogen) atoms. The van der Waals surface area contributed by atoms with E-state index >= 15 is 0 Å². The first-order valence-electron chi connectivity index (χ1n) is 7.31. The van der Waals surface area contributed by atoms with Gasteiger partial charge in [0.05, 0.1) is 6.10 Å². The van der Waals surface area contributed by atoms with Gasteiger partial charge in [-0.15, -0.1) is 0 Å². The molecule has 0 aromatic heterocycles. The molecule has 0 bridgehead atoms. The Morgan fingerprint density at radius 2 is 1.48 bits per heavy atom. The maximum Gasteiger partial charge on any atom is 0.336 e. The zero-order chi connectivity index (χ0) is 16.7. The zero-order valence-electron chi connectivity index (χ0n) is 13.1. The molecule has 2 aromatic rings. The summed E-state index contributed by atoms with van der Waals surface area (Å²) in [5.41, 5.74) is 1.75. The Labute approximate surface area is 135 Å². The largest absolute Gasteiger partial charge is 0.460 e. The van der Waals surface area contributed by atoms with Crippen LogP contribution in [-0.4, -0.2) is 18.0 Å². The highest BCUT2D eigenvalue weighted by atomic mass is 16.5. The number of hydrogen-bond acceptors (Lipinski definition) is 4. The van der Waals surface area contributed by atoms with Crippen LogP contribution in [-0.2, 0) is 14.3 Å². The van der Waals surface area contributed by atoms with Gasteiger partial charge in [-0.1, -0.05) is 48.5 Å². The zero-order valence-corrected chi connectivity index (χ0v) is 13.1. The molecule has 0 atom stereocenters. The lowest BCUT2D eigenvalue weighted by Crippen LogP contribution is -2.10. The smallest absolute Gasteiger partial charge is 0.336 e. The van der Waals surface area contributed by atoms with Crippen LogP contribution in [0.3, 0.4) is 0 Å². The lowest BCUT2D eigenvalue weighted by molar-refractivity contribution is -0.141. The third-order valence-corrected chi connectivity index (χ3v) is 2.89. The molecule has 0 unspecified atom stereocenters. The molecule has 0 aliphatic rings. The summed E-state index contributed by atoms with van der Waals surface area (Å²) in [5, 5.41) is 0. The van der Waals surface area contributed by atoms with Gasteiger partial charge in [-0.2, -0.15) is 0 Å². The highest BCUT2D eigenvalue weighted by molar-refractivity contribution is 5.93. The van der Waals surface area contributed by atoms with Crippen LogP contribution in [0.4, 0.5) is 0 Å². The van der Waals surface area contributed by atoms with Gasteiger partial charge in [0.25, 0.3) is 0 Å². The van der Waals surface area contributed by atoms with Crippen molar-refractivity contribution in [3.63, 3.8) is 0 Å². The van der Waals surface area contributed by atoms with E-state index in [0.717, 1.165) is 23.3 Å². The standard InChI is InChI=1S/C19H18O4/c1-14(2)22-18(20)12-13-19(21)23-17-11-7-6-10-16(17)15-8-4-3-5-9-15/h3-14H,1-2H3. The van der Waals surface area contributed by atoms with Crippen molar-refractivity contribution in [1.29, 1.82) is 0 Å². The highest BCUT2D eigenvalue weighted by Gasteiger charge is 2.09. The van der Waals surface area contributed by atoms with Crippen molar-refractivity contribution >= 4 is 11.9 Å². The molecule has 4 nitrogen and oxygen atoms in total. The first kappa shape index (κ1) is 16.5. The first-order chi connectivity index (χ1) is 11.1. The normalized spacial score (nSPS) is 10.7. The predicted octanol–water partition coefficient (Wildman–Crippen LogP) is 3.77. The SMILES string of the molecule is CC(C)OC(=O)C=CC(=O)Oc1ccccc1-c1ccccc1. The van der Waals surface area contributed by atoms with E-state index in [4.69, 9.17) is 9.47 Å². The molecular formula is C19H18O4. The Morgan fingerprint density at radius 1 is 0.870 bits per heavy atom. The highest BCUT2D eigenvalue weighted by Crippen LogP contribution is 2.29. The van der Waals surface area contributed by atoms with Crippen LogP contribution < -0.4 is 4.74 Å². The molecule has 2 aromatic carbocycles. The Hall–Kier alpha value is -2.88. The summed E-state index contributed by atoms with van der Waals surface area (Å²) in [7, 11) is 0. The molecule has 0 N–H and O–H groups in total. The third-order valence-electron chi connectivity index (χ3n) is 2.89. The van der Waals surface area contributed by atoms with Gasteiger partial charge in [-0.25, -0.2) is 9.59 Å². The molecule has 0 saturated carbocycles. The van der Waals surface area contributed by atoms with E-state index in [1.54, 1.807) is 26.0 Å². The van der Waals surface area contributed by atoms with Gasteiger partial charge >= 0.3 is 11.9 Å². The van der Waals surface area contributed by atoms with Gasteiger partial charge in [0.1, 0.15) is 5.75 Å². The average Bonchev–Trinajstić information content (AvgIpc) is 2.54. The van der Waals surface area contributed by atoms with Crippen molar-refractivity contribution in [3.8, 4) is 16.9 Å². The average molecular weight is 310 g/mol. The number of carbonyl (C=O) groups is 2. The fourth-order valence-corrected chi connectivity index (χ4v) is 1.96. The second kappa shape index (κ2) is 7.94. The van der Waals surface area contributed by atoms with Crippen LogP contribution in [0.15, 0.2) is 66.7 Å². The number of para-hydroxylation sites is 1. The minimum atomic E-state index is -0.630. The Balaban J connectivity index is 2.10. The van der Waals surface area contributed by atoms with Gasteiger partial charge < -0.3 is 9.47 Å². The summed E-state index contributed by atoms with van der Waals surface area (Å²) in [6.45, 7) is 3.47. The molecule has 2 rings (SSSR count). The fraction of sp³-hybridized carbons (Fsp3) is 0.158. The van der Waals surface area contributed by atoms with E-state index < -0.39 is 11.9 Å². The Kier molecular flexibility index (Phi) is 5.69. The Bertz CT molecular complexity index is 702. The van der Waals surface area contributed by atoms with E-state index in [0.29, 0.717) is 5.75 Å². The van der Waals surface area contributed by atoms with Crippen molar-refractivity contribution in [3.05, 3.63) is 66.7 Å². The van der Waals surface area contributed by atoms with Gasteiger partial charge in [0.15, 0.2) is 0 Å². The molecule has 0 radical (unpaired) electrons. The monoisotopic (exact) mass is 310 g/mol. The van der Waals surface area contributed by atoms with Gasteiger partial charge in [0, 0.05) is 17.7 Å². The van der Waals surface area contributed by atoms with Crippen molar-refractivity contribution in [2.24, 2.45) is 0 Å². The Morgan fingerprint density at radius 3 is 2.17 bits per heavy atom. The molecule has 0 saturated heterocycles. The van der Waals surface area contributed by atoms with Crippen molar-refractivity contribution in [2.45, 2.75) is 20.0 Å². The predicted molar refractivity (Wildman–Crippen MR) is 87.9 cm³/mol. The van der Waals surface area contributed by atoms with Gasteiger partial charge in [-0.05, 0) is 25.5 Å². The molecule has 0 aliphatic heterocycles. The summed E-state index contributed by atoms with van der Waals surface area (Å²) in [4.78, 5) is 23.3. The van der Waals surface area contributed by atoms with E-state index in [1.807, 2.05) is 42.5 Å². The van der Waals surface area contributed by atoms with Crippen LogP contribution in [0.5, 0.6) is 5.75 Å². The van der Waals surface area contributed by atoms with Crippen LogP contribution >= 0.6 is 0 Å². The van der Waals surface area contributed by atoms with Crippen LogP contribution in [0.25, 0.3) is 11.1 Å². The van der Waals surface area contributed by atoms with Crippen molar-refractivity contribution in [1.82, 2.24) is 0 Å². The minimum absolute atomic E-state index is 0.234. The summed E-state index contributed by atoms with van der Waals surface area (Å²) in [5.74, 6) is -0.770. The maximum atomic E-state index is 11.9. The van der Waals surface area contributed by atoms with Gasteiger partial charge in [0.2, 0.25) is 0 Å². The summed E-state index contributed by atoms with van der Waals surface area (Å²) < 4.78 is 10.2. The summed E-state index contributed by atoms with van der Waals surface area (Å²) in [6.07, 6.45) is 1.89. The molecule has 0 spiro atoms. The van der Waals surface area contributed by atoms with Crippen LogP contribution in [0.2, 0.25) is 0 Å². The second-order valence-corrected chi connectivity index (χ2v) is 5.10. The van der Waals surface area contributed by atoms with E-state index in [1.165, 1.54) is 0 Å². The molecule has 4 heteroatoms.